The average Bonchev–Trinajstić information content (AvgIpc) is 2.81. The number of piperidine rings is 1. The normalized spacial score (nSPS) is 14.3. The van der Waals surface area contributed by atoms with Crippen LogP contribution < -0.4 is 10.5 Å². The highest BCUT2D eigenvalue weighted by Crippen LogP contribution is 2.26. The minimum absolute atomic E-state index is 0.0870. The molecule has 4 heteroatoms. The fourth-order valence-corrected chi connectivity index (χ4v) is 4.15. The van der Waals surface area contributed by atoms with E-state index in [-0.39, 0.29) is 5.56 Å². The summed E-state index contributed by atoms with van der Waals surface area (Å²) in [5, 5.41) is 6.38. The Labute approximate surface area is 170 Å². The van der Waals surface area contributed by atoms with Crippen LogP contribution in [0.25, 0.3) is 27.7 Å². The third-order valence-electron chi connectivity index (χ3n) is 5.65. The van der Waals surface area contributed by atoms with Crippen LogP contribution in [0.4, 0.5) is 5.69 Å². The summed E-state index contributed by atoms with van der Waals surface area (Å²) in [6.45, 7) is 2.14. The maximum absolute atomic E-state index is 13.3. The summed E-state index contributed by atoms with van der Waals surface area (Å²) in [6, 6.07) is 26.0. The summed E-state index contributed by atoms with van der Waals surface area (Å²) in [5.74, 6) is 0. The van der Waals surface area contributed by atoms with E-state index in [0.717, 1.165) is 41.1 Å². The van der Waals surface area contributed by atoms with Crippen LogP contribution in [0.15, 0.2) is 83.7 Å². The molecule has 144 valence electrons. The van der Waals surface area contributed by atoms with Gasteiger partial charge in [-0.15, -0.1) is 0 Å². The van der Waals surface area contributed by atoms with Gasteiger partial charge in [0.2, 0.25) is 0 Å². The van der Waals surface area contributed by atoms with Gasteiger partial charge in [0.25, 0.3) is 5.56 Å². The minimum Gasteiger partial charge on any atom is -0.371 e. The van der Waals surface area contributed by atoms with Gasteiger partial charge in [-0.2, -0.15) is 9.78 Å². The van der Waals surface area contributed by atoms with Gasteiger partial charge in [0.15, 0.2) is 0 Å². The summed E-state index contributed by atoms with van der Waals surface area (Å²) in [7, 11) is 0. The molecule has 0 radical (unpaired) electrons. The van der Waals surface area contributed by atoms with Crippen LogP contribution in [0.1, 0.15) is 19.3 Å². The van der Waals surface area contributed by atoms with Gasteiger partial charge in [0, 0.05) is 29.7 Å². The molecule has 3 aromatic carbocycles. The third-order valence-corrected chi connectivity index (χ3v) is 5.65. The van der Waals surface area contributed by atoms with Crippen molar-refractivity contribution in [1.29, 1.82) is 0 Å². The molecule has 4 nitrogen and oxygen atoms in total. The van der Waals surface area contributed by atoms with Gasteiger partial charge in [-0.3, -0.25) is 4.79 Å². The molecule has 0 unspecified atom stereocenters. The van der Waals surface area contributed by atoms with Crippen molar-refractivity contribution < 1.29 is 0 Å². The number of fused-ring (bicyclic) bond motifs is 1. The van der Waals surface area contributed by atoms with Crippen LogP contribution in [0.3, 0.4) is 0 Å². The van der Waals surface area contributed by atoms with Gasteiger partial charge in [-0.1, -0.05) is 54.6 Å². The maximum atomic E-state index is 13.3. The van der Waals surface area contributed by atoms with E-state index in [1.165, 1.54) is 19.3 Å². The Morgan fingerprint density at radius 2 is 1.38 bits per heavy atom. The van der Waals surface area contributed by atoms with Gasteiger partial charge in [-0.25, -0.2) is 0 Å². The molecule has 5 rings (SSSR count). The van der Waals surface area contributed by atoms with Crippen molar-refractivity contribution in [3.05, 3.63) is 89.2 Å². The topological polar surface area (TPSA) is 38.1 Å². The fourth-order valence-electron chi connectivity index (χ4n) is 4.15. The lowest BCUT2D eigenvalue weighted by atomic mass is 10.1. The van der Waals surface area contributed by atoms with E-state index < -0.39 is 0 Å². The van der Waals surface area contributed by atoms with Crippen molar-refractivity contribution >= 4 is 16.5 Å². The van der Waals surface area contributed by atoms with Gasteiger partial charge >= 0.3 is 0 Å². The van der Waals surface area contributed by atoms with E-state index in [0.29, 0.717) is 5.39 Å². The molecule has 0 bridgehead atoms. The lowest BCUT2D eigenvalue weighted by molar-refractivity contribution is 0.577. The lowest BCUT2D eigenvalue weighted by Gasteiger charge is -2.29. The Morgan fingerprint density at radius 1 is 0.690 bits per heavy atom. The van der Waals surface area contributed by atoms with E-state index in [1.54, 1.807) is 4.68 Å². The number of hydrogen-bond acceptors (Lipinski definition) is 3. The summed E-state index contributed by atoms with van der Waals surface area (Å²) in [6.07, 6.45) is 3.73. The number of nitrogens with zero attached hydrogens (tertiary/aromatic N) is 3. The smallest absolute Gasteiger partial charge is 0.279 e. The summed E-state index contributed by atoms with van der Waals surface area (Å²) >= 11 is 0. The predicted octanol–water partition coefficient (Wildman–Crippen LogP) is 5.04. The van der Waals surface area contributed by atoms with Gasteiger partial charge in [0.1, 0.15) is 0 Å². The number of hydrogen-bond donors (Lipinski definition) is 0. The van der Waals surface area contributed by atoms with E-state index in [9.17, 15) is 4.79 Å². The quantitative estimate of drug-likeness (QED) is 0.499. The molecule has 1 fully saturated rings. The molecule has 1 aliphatic rings. The first-order chi connectivity index (χ1) is 14.3. The van der Waals surface area contributed by atoms with Crippen LogP contribution in [0, 0.1) is 0 Å². The van der Waals surface area contributed by atoms with Crippen LogP contribution in [-0.4, -0.2) is 22.9 Å². The van der Waals surface area contributed by atoms with E-state index in [4.69, 9.17) is 5.10 Å². The van der Waals surface area contributed by atoms with Crippen LogP contribution in [-0.2, 0) is 0 Å². The second kappa shape index (κ2) is 7.55. The Balaban J connectivity index is 1.70. The zero-order valence-corrected chi connectivity index (χ0v) is 16.3. The molecule has 4 aromatic rings. The molecule has 29 heavy (non-hydrogen) atoms. The van der Waals surface area contributed by atoms with Crippen LogP contribution >= 0.6 is 0 Å². The Hall–Kier alpha value is -3.40. The molecule has 1 saturated heterocycles. The van der Waals surface area contributed by atoms with Crippen molar-refractivity contribution in [3.8, 4) is 16.9 Å². The second-order valence-electron chi connectivity index (χ2n) is 7.54. The van der Waals surface area contributed by atoms with Crippen molar-refractivity contribution in [2.75, 3.05) is 18.0 Å². The number of benzene rings is 3. The molecule has 0 amide bonds. The van der Waals surface area contributed by atoms with E-state index >= 15 is 0 Å². The number of aromatic nitrogens is 2. The van der Waals surface area contributed by atoms with Crippen LogP contribution in [0.2, 0.25) is 0 Å². The largest absolute Gasteiger partial charge is 0.371 e. The first-order valence-electron chi connectivity index (χ1n) is 10.2. The van der Waals surface area contributed by atoms with Crippen molar-refractivity contribution in [1.82, 2.24) is 9.78 Å². The number of rotatable bonds is 3. The molecule has 2 heterocycles. The molecular formula is C25H23N3O. The average molecular weight is 381 g/mol. The Morgan fingerprint density at radius 3 is 2.17 bits per heavy atom. The summed E-state index contributed by atoms with van der Waals surface area (Å²) < 4.78 is 1.55. The zero-order chi connectivity index (χ0) is 19.6. The van der Waals surface area contributed by atoms with Crippen LogP contribution in [0.5, 0.6) is 0 Å². The SMILES string of the molecule is O=c1c2ccccc2c(-c2ccccc2)nn1-c1cccc(N2CCCCC2)c1. The summed E-state index contributed by atoms with van der Waals surface area (Å²) in [4.78, 5) is 15.7. The molecule has 0 N–H and O–H groups in total. The first-order valence-corrected chi connectivity index (χ1v) is 10.2. The molecule has 0 aliphatic carbocycles. The molecule has 0 spiro atoms. The highest BCUT2D eigenvalue weighted by atomic mass is 16.1. The standard InChI is InChI=1S/C25H23N3O/c29-25-23-15-6-5-14-22(23)24(19-10-3-1-4-11-19)26-28(25)21-13-9-12-20(18-21)27-16-7-2-8-17-27/h1,3-6,9-15,18H,2,7-8,16-17H2. The Bertz CT molecular complexity index is 1210. The van der Waals surface area contributed by atoms with Gasteiger partial charge < -0.3 is 4.90 Å². The molecule has 0 saturated carbocycles. The van der Waals surface area contributed by atoms with E-state index in [2.05, 4.69) is 17.0 Å². The molecule has 1 aliphatic heterocycles. The van der Waals surface area contributed by atoms with Crippen molar-refractivity contribution in [3.63, 3.8) is 0 Å². The maximum Gasteiger partial charge on any atom is 0.279 e. The fraction of sp³-hybridized carbons (Fsp3) is 0.200. The monoisotopic (exact) mass is 381 g/mol. The van der Waals surface area contributed by atoms with Gasteiger partial charge in [0.05, 0.1) is 16.8 Å². The third kappa shape index (κ3) is 3.31. The Kier molecular flexibility index (Phi) is 4.60. The number of anilines is 1. The molecule has 1 aromatic heterocycles. The molecule has 0 atom stereocenters. The summed E-state index contributed by atoms with van der Waals surface area (Å²) in [5.41, 5.74) is 3.70. The highest BCUT2D eigenvalue weighted by Gasteiger charge is 2.15. The molecular weight excluding hydrogens is 358 g/mol. The van der Waals surface area contributed by atoms with Crippen molar-refractivity contribution in [2.45, 2.75) is 19.3 Å². The van der Waals surface area contributed by atoms with Crippen molar-refractivity contribution in [2.24, 2.45) is 0 Å². The van der Waals surface area contributed by atoms with Gasteiger partial charge in [-0.05, 0) is 43.5 Å². The predicted molar refractivity (Wildman–Crippen MR) is 119 cm³/mol. The zero-order valence-electron chi connectivity index (χ0n) is 16.3. The minimum atomic E-state index is -0.0870. The van der Waals surface area contributed by atoms with E-state index in [1.807, 2.05) is 66.7 Å². The second-order valence-corrected chi connectivity index (χ2v) is 7.54. The lowest BCUT2D eigenvalue weighted by Crippen LogP contribution is -2.29. The first kappa shape index (κ1) is 17.7. The highest BCUT2D eigenvalue weighted by molar-refractivity contribution is 5.93.